The Balaban J connectivity index is 2.10. The maximum Gasteiger partial charge on any atom is 0.326 e. The highest BCUT2D eigenvalue weighted by molar-refractivity contribution is 7.80. The second kappa shape index (κ2) is 13.5. The highest BCUT2D eigenvalue weighted by Gasteiger charge is 2.30. The number of nitrogens with one attached hydrogen (secondary N) is 4. The molecule has 1 heterocycles. The average Bonchev–Trinajstić information content (AvgIpc) is 3.26. The number of hydrogen-bond acceptors (Lipinski definition) is 8. The molecule has 0 fully saturated rings. The third kappa shape index (κ3) is 7.96. The number of rotatable bonds is 14. The Labute approximate surface area is 211 Å². The van der Waals surface area contributed by atoms with Crippen LogP contribution in [0.3, 0.4) is 0 Å². The molecule has 0 radical (unpaired) electrons. The summed E-state index contributed by atoms with van der Waals surface area (Å²) in [6, 6.07) is 1.94. The monoisotopic (exact) mass is 523 g/mol. The average molecular weight is 524 g/mol. The van der Waals surface area contributed by atoms with Gasteiger partial charge in [0.2, 0.25) is 17.7 Å². The molecule has 2 aromatic rings. The minimum atomic E-state index is -1.37. The van der Waals surface area contributed by atoms with Crippen LogP contribution in [0.5, 0.6) is 0 Å². The lowest BCUT2D eigenvalue weighted by molar-refractivity contribution is -0.142. The van der Waals surface area contributed by atoms with Crippen molar-refractivity contribution >= 4 is 53.2 Å². The fourth-order valence-electron chi connectivity index (χ4n) is 3.36. The van der Waals surface area contributed by atoms with Crippen molar-refractivity contribution in [2.24, 2.45) is 5.73 Å². The van der Waals surface area contributed by atoms with Crippen LogP contribution in [0.4, 0.5) is 0 Å². The number of aromatic amines is 1. The highest BCUT2D eigenvalue weighted by Crippen LogP contribution is 2.19. The van der Waals surface area contributed by atoms with Crippen LogP contribution in [0, 0.1) is 0 Å². The van der Waals surface area contributed by atoms with Gasteiger partial charge in [-0.05, 0) is 18.1 Å². The molecule has 0 saturated heterocycles. The first-order valence-corrected chi connectivity index (χ1v) is 11.6. The standard InChI is InChI=1S/C22H29N5O8S/c23-13(9-28)19(31)25-15(5-6-18(29)30)20(32)27-17(10-36)21(33)26-16(22(34)35)7-11-8-24-14-4-2-1-3-12(11)14/h1-4,8,13,15-17,24,28,36H,5-7,9-10,23H2,(H,25,31)(H,26,33)(H,27,32)(H,29,30)(H,34,35). The Bertz CT molecular complexity index is 1110. The number of benzene rings is 1. The van der Waals surface area contributed by atoms with Crippen LogP contribution in [0.1, 0.15) is 18.4 Å². The van der Waals surface area contributed by atoms with Crippen LogP contribution in [0.25, 0.3) is 10.9 Å². The summed E-state index contributed by atoms with van der Waals surface area (Å²) in [7, 11) is 0. The zero-order valence-corrected chi connectivity index (χ0v) is 20.0. The molecular formula is C22H29N5O8S. The first-order valence-electron chi connectivity index (χ1n) is 10.9. The number of aliphatic hydroxyl groups is 1. The summed E-state index contributed by atoms with van der Waals surface area (Å²) >= 11 is 4.05. The normalized spacial score (nSPS) is 14.3. The fourth-order valence-corrected chi connectivity index (χ4v) is 3.61. The van der Waals surface area contributed by atoms with Crippen molar-refractivity contribution < 1.29 is 39.3 Å². The van der Waals surface area contributed by atoms with Gasteiger partial charge in [-0.2, -0.15) is 12.6 Å². The number of hydrogen-bond donors (Lipinski definition) is 9. The smallest absolute Gasteiger partial charge is 0.326 e. The molecule has 2 rings (SSSR count). The van der Waals surface area contributed by atoms with Gasteiger partial charge in [-0.25, -0.2) is 4.79 Å². The van der Waals surface area contributed by atoms with Crippen LogP contribution in [-0.4, -0.2) is 86.5 Å². The predicted molar refractivity (Wildman–Crippen MR) is 131 cm³/mol. The van der Waals surface area contributed by atoms with E-state index in [9.17, 15) is 29.1 Å². The second-order valence-electron chi connectivity index (χ2n) is 7.99. The summed E-state index contributed by atoms with van der Waals surface area (Å²) in [5.74, 6) is -5.35. The van der Waals surface area contributed by atoms with Crippen LogP contribution < -0.4 is 21.7 Å². The molecule has 0 spiro atoms. The molecule has 0 aliphatic heterocycles. The van der Waals surface area contributed by atoms with Crippen LogP contribution >= 0.6 is 12.6 Å². The van der Waals surface area contributed by atoms with Crippen LogP contribution in [0.15, 0.2) is 30.5 Å². The van der Waals surface area contributed by atoms with Crippen molar-refractivity contribution in [1.29, 1.82) is 0 Å². The quantitative estimate of drug-likeness (QED) is 0.129. The molecule has 36 heavy (non-hydrogen) atoms. The van der Waals surface area contributed by atoms with Crippen molar-refractivity contribution in [2.45, 2.75) is 43.4 Å². The maximum atomic E-state index is 12.8. The van der Waals surface area contributed by atoms with Gasteiger partial charge in [-0.15, -0.1) is 0 Å². The van der Waals surface area contributed by atoms with Gasteiger partial charge in [0.05, 0.1) is 6.61 Å². The number of carboxylic acid groups (broad SMARTS) is 2. The molecule has 1 aromatic heterocycles. The second-order valence-corrected chi connectivity index (χ2v) is 8.35. The highest BCUT2D eigenvalue weighted by atomic mass is 32.1. The number of aromatic nitrogens is 1. The maximum absolute atomic E-state index is 12.8. The predicted octanol–water partition coefficient (Wildman–Crippen LogP) is -1.64. The van der Waals surface area contributed by atoms with E-state index >= 15 is 0 Å². The summed E-state index contributed by atoms with van der Waals surface area (Å²) in [6.45, 7) is -0.701. The van der Waals surface area contributed by atoms with Gasteiger partial charge in [0.15, 0.2) is 0 Å². The van der Waals surface area contributed by atoms with Crippen molar-refractivity contribution in [3.8, 4) is 0 Å². The van der Waals surface area contributed by atoms with Crippen molar-refractivity contribution in [2.75, 3.05) is 12.4 Å². The van der Waals surface area contributed by atoms with E-state index in [0.29, 0.717) is 5.56 Å². The molecule has 0 aliphatic rings. The van der Waals surface area contributed by atoms with Gasteiger partial charge in [-0.3, -0.25) is 19.2 Å². The minimum Gasteiger partial charge on any atom is -0.481 e. The number of aliphatic hydroxyl groups excluding tert-OH is 1. The van der Waals surface area contributed by atoms with Gasteiger partial charge >= 0.3 is 11.9 Å². The minimum absolute atomic E-state index is 0.0331. The van der Waals surface area contributed by atoms with E-state index in [2.05, 4.69) is 33.6 Å². The molecular weight excluding hydrogens is 494 g/mol. The van der Waals surface area contributed by atoms with Gasteiger partial charge in [0.1, 0.15) is 24.2 Å². The Morgan fingerprint density at radius 3 is 2.17 bits per heavy atom. The Morgan fingerprint density at radius 1 is 0.944 bits per heavy atom. The molecule has 0 bridgehead atoms. The molecule has 4 unspecified atom stereocenters. The number of fused-ring (bicyclic) bond motifs is 1. The molecule has 9 N–H and O–H groups in total. The number of amides is 3. The van der Waals surface area contributed by atoms with Gasteiger partial charge in [-0.1, -0.05) is 18.2 Å². The summed E-state index contributed by atoms with van der Waals surface area (Å²) in [6.07, 6.45) is 0.826. The van der Waals surface area contributed by atoms with Crippen molar-refractivity contribution in [3.63, 3.8) is 0 Å². The summed E-state index contributed by atoms with van der Waals surface area (Å²) in [5, 5.41) is 35.4. The number of H-pyrrole nitrogens is 1. The van der Waals surface area contributed by atoms with E-state index in [0.717, 1.165) is 10.9 Å². The van der Waals surface area contributed by atoms with E-state index in [-0.39, 0.29) is 18.6 Å². The molecule has 3 amide bonds. The SMILES string of the molecule is NC(CO)C(=O)NC(CCC(=O)O)C(=O)NC(CS)C(=O)NC(Cc1c[nH]c2ccccc12)C(=O)O. The lowest BCUT2D eigenvalue weighted by Gasteiger charge is -2.24. The number of aliphatic carboxylic acids is 2. The molecule has 0 aliphatic carbocycles. The van der Waals surface area contributed by atoms with E-state index < -0.39 is 66.9 Å². The third-order valence-electron chi connectivity index (χ3n) is 5.34. The van der Waals surface area contributed by atoms with Crippen LogP contribution in [-0.2, 0) is 30.4 Å². The largest absolute Gasteiger partial charge is 0.481 e. The van der Waals surface area contributed by atoms with E-state index in [1.165, 1.54) is 0 Å². The first kappa shape index (κ1) is 28.6. The molecule has 0 saturated carbocycles. The number of nitrogens with two attached hydrogens (primary N) is 1. The molecule has 14 heteroatoms. The third-order valence-corrected chi connectivity index (χ3v) is 5.71. The van der Waals surface area contributed by atoms with Crippen molar-refractivity contribution in [3.05, 3.63) is 36.0 Å². The van der Waals surface area contributed by atoms with E-state index in [1.54, 1.807) is 12.3 Å². The topological polar surface area (TPSA) is 224 Å². The number of thiol groups is 1. The molecule has 4 atom stereocenters. The van der Waals surface area contributed by atoms with Crippen molar-refractivity contribution in [1.82, 2.24) is 20.9 Å². The Kier molecular flexibility index (Phi) is 10.7. The summed E-state index contributed by atoms with van der Waals surface area (Å²) in [4.78, 5) is 63.4. The number of para-hydroxylation sites is 1. The lowest BCUT2D eigenvalue weighted by atomic mass is 10.0. The zero-order valence-electron chi connectivity index (χ0n) is 19.1. The molecule has 1 aromatic carbocycles. The Hall–Kier alpha value is -3.62. The van der Waals surface area contributed by atoms with Crippen LogP contribution in [0.2, 0.25) is 0 Å². The van der Waals surface area contributed by atoms with E-state index in [1.807, 2.05) is 18.2 Å². The molecule has 196 valence electrons. The number of carboxylic acids is 2. The van der Waals surface area contributed by atoms with E-state index in [4.69, 9.17) is 15.9 Å². The molecule has 13 nitrogen and oxygen atoms in total. The summed E-state index contributed by atoms with van der Waals surface area (Å²) < 4.78 is 0. The van der Waals surface area contributed by atoms with Gasteiger partial charge in [0.25, 0.3) is 0 Å². The van der Waals surface area contributed by atoms with Gasteiger partial charge in [0, 0.05) is 35.7 Å². The summed E-state index contributed by atoms with van der Waals surface area (Å²) in [5.41, 5.74) is 6.90. The first-order chi connectivity index (χ1) is 17.1. The number of carbonyl (C=O) groups is 5. The zero-order chi connectivity index (χ0) is 26.8. The number of carbonyl (C=O) groups excluding carboxylic acids is 3. The fraction of sp³-hybridized carbons (Fsp3) is 0.409. The lowest BCUT2D eigenvalue weighted by Crippen LogP contribution is -2.58. The van der Waals surface area contributed by atoms with Gasteiger partial charge < -0.3 is 42.0 Å². The Morgan fingerprint density at radius 2 is 1.56 bits per heavy atom.